The maximum absolute atomic E-state index is 10.9. The predicted molar refractivity (Wildman–Crippen MR) is 155 cm³/mol. The van der Waals surface area contributed by atoms with Gasteiger partial charge < -0.3 is 4.43 Å². The fourth-order valence-electron chi connectivity index (χ4n) is 4.83. The minimum Gasteiger partial charge on any atom is -0.410 e. The summed E-state index contributed by atoms with van der Waals surface area (Å²) in [4.78, 5) is 13.1. The lowest BCUT2D eigenvalue weighted by molar-refractivity contribution is 0.112. The number of unbranched alkanes of at least 4 members (excludes halogenated alkanes) is 2. The number of rotatable bonds is 13. The molecule has 35 heavy (non-hydrogen) atoms. The molecule has 3 rings (SSSR count). The van der Waals surface area contributed by atoms with Gasteiger partial charge in [0.2, 0.25) is 0 Å². The first kappa shape index (κ1) is 28.1. The number of aldehydes is 1. The molecule has 192 valence electrons. The highest BCUT2D eigenvalue weighted by molar-refractivity contribution is 7.13. The molecule has 2 aromatic rings. The van der Waals surface area contributed by atoms with E-state index in [0.29, 0.717) is 5.92 Å². The molecular formula is C31H46O2SSi. The van der Waals surface area contributed by atoms with Crippen molar-refractivity contribution in [1.82, 2.24) is 0 Å². The average molecular weight is 511 g/mol. The number of hydrogen-bond donors (Lipinski definition) is 0. The van der Waals surface area contributed by atoms with Gasteiger partial charge in [0.1, 0.15) is 0 Å². The van der Waals surface area contributed by atoms with Gasteiger partial charge in [-0.25, -0.2) is 0 Å². The van der Waals surface area contributed by atoms with E-state index in [1.54, 1.807) is 11.3 Å². The van der Waals surface area contributed by atoms with Gasteiger partial charge in [-0.3, -0.25) is 4.79 Å². The number of allylic oxidation sites excluding steroid dienone is 2. The lowest BCUT2D eigenvalue weighted by atomic mass is 9.89. The van der Waals surface area contributed by atoms with E-state index in [-0.39, 0.29) is 11.1 Å². The van der Waals surface area contributed by atoms with Crippen LogP contribution >= 0.6 is 11.3 Å². The van der Waals surface area contributed by atoms with Crippen LogP contribution in [0.15, 0.2) is 42.5 Å². The largest absolute Gasteiger partial charge is 0.410 e. The molecular weight excluding hydrogens is 464 g/mol. The molecule has 4 heteroatoms. The lowest BCUT2D eigenvalue weighted by Gasteiger charge is -2.39. The molecule has 0 spiro atoms. The topological polar surface area (TPSA) is 26.3 Å². The van der Waals surface area contributed by atoms with Gasteiger partial charge in [-0.15, -0.1) is 11.3 Å². The van der Waals surface area contributed by atoms with Crippen LogP contribution in [0.2, 0.25) is 18.1 Å². The van der Waals surface area contributed by atoms with Crippen LogP contribution in [-0.2, 0) is 10.8 Å². The standard InChI is InChI=1S/C31H46O2SSi/c1-7-8-9-16-30(33-35(5,6)31(2,3)4)26-19-17-25(18-20-26)29-15-11-13-24(29)12-10-14-27-21-22-28(23-32)34-27/h15,17-24,30H,7-14,16H2,1-6H3/t24-,30-/m0/s1. The monoisotopic (exact) mass is 510 g/mol. The third-order valence-corrected chi connectivity index (χ3v) is 13.6. The Labute approximate surface area is 219 Å². The number of hydrogen-bond acceptors (Lipinski definition) is 3. The molecule has 0 unspecified atom stereocenters. The fraction of sp³-hybridized carbons (Fsp3) is 0.581. The molecule has 0 fully saturated rings. The van der Waals surface area contributed by atoms with Crippen LogP contribution in [-0.4, -0.2) is 14.6 Å². The first-order valence-electron chi connectivity index (χ1n) is 13.7. The van der Waals surface area contributed by atoms with Crippen molar-refractivity contribution >= 4 is 31.5 Å². The van der Waals surface area contributed by atoms with Crippen molar-refractivity contribution < 1.29 is 9.22 Å². The molecule has 0 saturated carbocycles. The number of carbonyl (C=O) groups excluding carboxylic acids is 1. The van der Waals surface area contributed by atoms with Crippen molar-refractivity contribution in [3.8, 4) is 0 Å². The van der Waals surface area contributed by atoms with Gasteiger partial charge in [-0.05, 0) is 91.4 Å². The fourth-order valence-corrected chi connectivity index (χ4v) is 7.01. The van der Waals surface area contributed by atoms with E-state index in [9.17, 15) is 4.79 Å². The second-order valence-electron chi connectivity index (χ2n) is 11.7. The van der Waals surface area contributed by atoms with Crippen molar-refractivity contribution in [3.63, 3.8) is 0 Å². The minimum absolute atomic E-state index is 0.201. The minimum atomic E-state index is -1.84. The Morgan fingerprint density at radius 2 is 1.83 bits per heavy atom. The van der Waals surface area contributed by atoms with Crippen LogP contribution in [0.25, 0.3) is 5.57 Å². The molecule has 0 amide bonds. The molecule has 1 heterocycles. The van der Waals surface area contributed by atoms with Crippen molar-refractivity contribution in [2.45, 2.75) is 110 Å². The summed E-state index contributed by atoms with van der Waals surface area (Å²) in [7, 11) is -1.84. The Morgan fingerprint density at radius 3 is 2.46 bits per heavy atom. The maximum Gasteiger partial charge on any atom is 0.192 e. The summed E-state index contributed by atoms with van der Waals surface area (Å²) in [6, 6.07) is 13.4. The Balaban J connectivity index is 1.65. The number of aryl methyl sites for hydroxylation is 1. The lowest BCUT2D eigenvalue weighted by Crippen LogP contribution is -2.41. The van der Waals surface area contributed by atoms with Gasteiger partial charge in [-0.1, -0.05) is 77.3 Å². The second kappa shape index (κ2) is 12.6. The van der Waals surface area contributed by atoms with Crippen molar-refractivity contribution in [2.24, 2.45) is 5.92 Å². The first-order chi connectivity index (χ1) is 16.6. The highest BCUT2D eigenvalue weighted by Crippen LogP contribution is 2.42. The van der Waals surface area contributed by atoms with E-state index in [1.165, 1.54) is 66.5 Å². The van der Waals surface area contributed by atoms with Crippen molar-refractivity contribution in [1.29, 1.82) is 0 Å². The summed E-state index contributed by atoms with van der Waals surface area (Å²) in [5.41, 5.74) is 4.26. The van der Waals surface area contributed by atoms with Crippen molar-refractivity contribution in [2.75, 3.05) is 0 Å². The van der Waals surface area contributed by atoms with Gasteiger partial charge >= 0.3 is 0 Å². The molecule has 0 saturated heterocycles. The number of benzene rings is 1. The summed E-state index contributed by atoms with van der Waals surface area (Å²) < 4.78 is 6.93. The highest BCUT2D eigenvalue weighted by Gasteiger charge is 2.39. The predicted octanol–water partition coefficient (Wildman–Crippen LogP) is 10.0. The Bertz CT molecular complexity index is 965. The van der Waals surface area contributed by atoms with Gasteiger partial charge in [-0.2, -0.15) is 0 Å². The molecule has 1 aliphatic rings. The molecule has 0 radical (unpaired) electrons. The first-order valence-corrected chi connectivity index (χ1v) is 17.4. The van der Waals surface area contributed by atoms with Gasteiger partial charge in [0.05, 0.1) is 11.0 Å². The Hall–Kier alpha value is -1.49. The third kappa shape index (κ3) is 7.74. The zero-order valence-corrected chi connectivity index (χ0v) is 24.7. The Morgan fingerprint density at radius 1 is 1.09 bits per heavy atom. The van der Waals surface area contributed by atoms with Crippen molar-refractivity contribution in [3.05, 3.63) is 63.4 Å². The number of carbonyl (C=O) groups is 1. The van der Waals surface area contributed by atoms with Crippen LogP contribution in [0.1, 0.15) is 111 Å². The molecule has 2 atom stereocenters. The Kier molecular flexibility index (Phi) is 10.2. The van der Waals surface area contributed by atoms with E-state index in [2.05, 4.69) is 77.2 Å². The molecule has 0 bridgehead atoms. The average Bonchev–Trinajstić information content (AvgIpc) is 3.47. The van der Waals surface area contributed by atoms with Crippen LogP contribution < -0.4 is 0 Å². The smallest absolute Gasteiger partial charge is 0.192 e. The van der Waals surface area contributed by atoms with E-state index in [0.717, 1.165) is 24.0 Å². The number of thiophene rings is 1. The van der Waals surface area contributed by atoms with E-state index in [1.807, 2.05) is 6.07 Å². The SMILES string of the molecule is CCCCC[C@H](O[Si](C)(C)C(C)(C)C)c1ccc(C2=CCC[C@@H]2CCCc2ccc(C=O)s2)cc1. The molecule has 1 aliphatic carbocycles. The summed E-state index contributed by atoms with van der Waals surface area (Å²) >= 11 is 1.64. The molecule has 0 aliphatic heterocycles. The second-order valence-corrected chi connectivity index (χ2v) is 17.7. The summed E-state index contributed by atoms with van der Waals surface area (Å²) in [6.45, 7) is 14.0. The molecule has 2 nitrogen and oxygen atoms in total. The summed E-state index contributed by atoms with van der Waals surface area (Å²) in [5, 5.41) is 0.218. The molecule has 1 aromatic carbocycles. The summed E-state index contributed by atoms with van der Waals surface area (Å²) in [6.07, 6.45) is 14.4. The van der Waals surface area contributed by atoms with E-state index >= 15 is 0 Å². The molecule has 0 N–H and O–H groups in total. The maximum atomic E-state index is 10.9. The molecule has 1 aromatic heterocycles. The van der Waals surface area contributed by atoms with Gasteiger partial charge in [0.15, 0.2) is 14.6 Å². The van der Waals surface area contributed by atoms with E-state index in [4.69, 9.17) is 4.43 Å². The van der Waals surface area contributed by atoms with Crippen LogP contribution in [0.4, 0.5) is 0 Å². The van der Waals surface area contributed by atoms with Crippen LogP contribution in [0, 0.1) is 5.92 Å². The quantitative estimate of drug-likeness (QED) is 0.152. The zero-order valence-electron chi connectivity index (χ0n) is 22.9. The van der Waals surface area contributed by atoms with Gasteiger partial charge in [0, 0.05) is 4.88 Å². The normalized spacial score (nSPS) is 17.4. The van der Waals surface area contributed by atoms with Crippen LogP contribution in [0.3, 0.4) is 0 Å². The van der Waals surface area contributed by atoms with E-state index < -0.39 is 8.32 Å². The van der Waals surface area contributed by atoms with Gasteiger partial charge in [0.25, 0.3) is 0 Å². The zero-order chi connectivity index (χ0) is 25.5. The summed E-state index contributed by atoms with van der Waals surface area (Å²) in [5.74, 6) is 0.648. The van der Waals surface area contributed by atoms with Crippen LogP contribution in [0.5, 0.6) is 0 Å². The third-order valence-electron chi connectivity index (χ3n) is 8.02. The highest BCUT2D eigenvalue weighted by atomic mass is 32.1.